The fourth-order valence-electron chi connectivity index (χ4n) is 2.73. The zero-order valence-corrected chi connectivity index (χ0v) is 16.6. The Balaban J connectivity index is 1.72. The number of thioether (sulfide) groups is 1. The van der Waals surface area contributed by atoms with Crippen LogP contribution in [0, 0.1) is 13.8 Å². The van der Waals surface area contributed by atoms with Gasteiger partial charge in [-0.3, -0.25) is 19.3 Å². The molecule has 3 rings (SSSR count). The molecule has 1 fully saturated rings. The zero-order chi connectivity index (χ0) is 20.3. The number of benzene rings is 2. The molecule has 2 aromatic carbocycles. The number of hydrogen-bond acceptors (Lipinski definition) is 5. The average Bonchev–Trinajstić information content (AvgIpc) is 2.92. The number of amides is 3. The second-order valence-corrected chi connectivity index (χ2v) is 7.35. The third-order valence-electron chi connectivity index (χ3n) is 4.39. The third-order valence-corrected chi connectivity index (χ3v) is 5.30. The molecule has 0 spiro atoms. The molecule has 7 heteroatoms. The summed E-state index contributed by atoms with van der Waals surface area (Å²) in [6, 6.07) is 12.7. The SMILES string of the molecule is COc1ccccc1C=C1SC(=O)N(CC(=O)Nc2ccc(C)c(C)c2)C1=O. The number of aryl methyl sites for hydroxylation is 2. The molecule has 0 aliphatic carbocycles. The Morgan fingerprint density at radius 1 is 1.14 bits per heavy atom. The predicted molar refractivity (Wildman–Crippen MR) is 110 cm³/mol. The number of hydrogen-bond donors (Lipinski definition) is 1. The summed E-state index contributed by atoms with van der Waals surface area (Å²) >= 11 is 0.811. The van der Waals surface area contributed by atoms with Crippen molar-refractivity contribution in [3.05, 3.63) is 64.1 Å². The van der Waals surface area contributed by atoms with Crippen LogP contribution in [-0.4, -0.2) is 35.6 Å². The molecule has 0 radical (unpaired) electrons. The van der Waals surface area contributed by atoms with Gasteiger partial charge in [0.2, 0.25) is 5.91 Å². The molecular formula is C21H20N2O4S. The Kier molecular flexibility index (Phi) is 5.84. The minimum absolute atomic E-state index is 0.258. The highest BCUT2D eigenvalue weighted by Crippen LogP contribution is 2.33. The molecule has 144 valence electrons. The molecule has 1 N–H and O–H groups in total. The van der Waals surface area contributed by atoms with Crippen LogP contribution in [0.2, 0.25) is 0 Å². The van der Waals surface area contributed by atoms with E-state index in [1.165, 1.54) is 7.11 Å². The van der Waals surface area contributed by atoms with Crippen molar-refractivity contribution >= 4 is 40.6 Å². The van der Waals surface area contributed by atoms with Crippen LogP contribution >= 0.6 is 11.8 Å². The largest absolute Gasteiger partial charge is 0.496 e. The third kappa shape index (κ3) is 4.26. The Bertz CT molecular complexity index is 984. The molecule has 1 aliphatic heterocycles. The number of ether oxygens (including phenoxy) is 1. The molecule has 1 aliphatic rings. The van der Waals surface area contributed by atoms with E-state index in [4.69, 9.17) is 4.74 Å². The molecule has 2 aromatic rings. The molecule has 0 unspecified atom stereocenters. The first-order valence-corrected chi connectivity index (χ1v) is 9.46. The van der Waals surface area contributed by atoms with E-state index >= 15 is 0 Å². The van der Waals surface area contributed by atoms with Crippen LogP contribution in [0.15, 0.2) is 47.4 Å². The van der Waals surface area contributed by atoms with Crippen molar-refractivity contribution in [2.24, 2.45) is 0 Å². The van der Waals surface area contributed by atoms with E-state index in [0.29, 0.717) is 17.0 Å². The van der Waals surface area contributed by atoms with E-state index in [1.807, 2.05) is 38.1 Å². The normalized spacial score (nSPS) is 15.2. The van der Waals surface area contributed by atoms with Gasteiger partial charge in [0.25, 0.3) is 11.1 Å². The van der Waals surface area contributed by atoms with E-state index in [0.717, 1.165) is 27.8 Å². The van der Waals surface area contributed by atoms with Gasteiger partial charge in [-0.2, -0.15) is 0 Å². The van der Waals surface area contributed by atoms with Crippen LogP contribution in [0.5, 0.6) is 5.75 Å². The van der Waals surface area contributed by atoms with Gasteiger partial charge in [0.05, 0.1) is 12.0 Å². The predicted octanol–water partition coefficient (Wildman–Crippen LogP) is 3.99. The van der Waals surface area contributed by atoms with Crippen molar-refractivity contribution in [3.8, 4) is 5.75 Å². The molecule has 0 atom stereocenters. The highest BCUT2D eigenvalue weighted by Gasteiger charge is 2.36. The smallest absolute Gasteiger partial charge is 0.294 e. The molecule has 28 heavy (non-hydrogen) atoms. The number of carbonyl (C=O) groups is 3. The second-order valence-electron chi connectivity index (χ2n) is 6.36. The lowest BCUT2D eigenvalue weighted by Gasteiger charge is -2.13. The van der Waals surface area contributed by atoms with Crippen molar-refractivity contribution < 1.29 is 19.1 Å². The summed E-state index contributed by atoms with van der Waals surface area (Å²) in [5.74, 6) is -0.318. The number of rotatable bonds is 5. The maximum atomic E-state index is 12.6. The first-order valence-electron chi connectivity index (χ1n) is 8.64. The van der Waals surface area contributed by atoms with E-state index in [2.05, 4.69) is 5.32 Å². The van der Waals surface area contributed by atoms with Gasteiger partial charge in [0, 0.05) is 11.3 Å². The van der Waals surface area contributed by atoms with Crippen LogP contribution in [0.3, 0.4) is 0 Å². The van der Waals surface area contributed by atoms with Gasteiger partial charge in [-0.15, -0.1) is 0 Å². The van der Waals surface area contributed by atoms with E-state index in [-0.39, 0.29) is 11.4 Å². The quantitative estimate of drug-likeness (QED) is 0.774. The highest BCUT2D eigenvalue weighted by molar-refractivity contribution is 8.18. The Morgan fingerprint density at radius 2 is 1.89 bits per heavy atom. The van der Waals surface area contributed by atoms with Crippen molar-refractivity contribution in [2.45, 2.75) is 13.8 Å². The molecule has 0 aromatic heterocycles. The number of anilines is 1. The van der Waals surface area contributed by atoms with Crippen LogP contribution in [0.25, 0.3) is 6.08 Å². The number of nitrogens with one attached hydrogen (secondary N) is 1. The Morgan fingerprint density at radius 3 is 2.61 bits per heavy atom. The van der Waals surface area contributed by atoms with Gasteiger partial charge in [0.15, 0.2) is 0 Å². The standard InChI is InChI=1S/C21H20N2O4S/c1-13-8-9-16(10-14(13)2)22-19(24)12-23-20(25)18(28-21(23)26)11-15-6-4-5-7-17(15)27-3/h4-11H,12H2,1-3H3,(H,22,24). The topological polar surface area (TPSA) is 75.7 Å². The monoisotopic (exact) mass is 396 g/mol. The van der Waals surface area contributed by atoms with Crippen LogP contribution < -0.4 is 10.1 Å². The summed E-state index contributed by atoms with van der Waals surface area (Å²) in [5.41, 5.74) is 3.48. The summed E-state index contributed by atoms with van der Waals surface area (Å²) in [4.78, 5) is 38.4. The van der Waals surface area contributed by atoms with Crippen molar-refractivity contribution in [1.29, 1.82) is 0 Å². The van der Waals surface area contributed by atoms with Gasteiger partial charge >= 0.3 is 0 Å². The molecular weight excluding hydrogens is 376 g/mol. The summed E-state index contributed by atoms with van der Waals surface area (Å²) in [6.07, 6.45) is 1.60. The van der Waals surface area contributed by atoms with Crippen molar-refractivity contribution in [3.63, 3.8) is 0 Å². The molecule has 0 saturated carbocycles. The van der Waals surface area contributed by atoms with Gasteiger partial charge in [0.1, 0.15) is 12.3 Å². The summed E-state index contributed by atoms with van der Waals surface area (Å²) in [6.45, 7) is 3.60. The van der Waals surface area contributed by atoms with Gasteiger partial charge < -0.3 is 10.1 Å². The highest BCUT2D eigenvalue weighted by atomic mass is 32.2. The number of para-hydroxylation sites is 1. The average molecular weight is 396 g/mol. The molecule has 0 bridgehead atoms. The van der Waals surface area contributed by atoms with Crippen LogP contribution in [-0.2, 0) is 9.59 Å². The first kappa shape index (κ1) is 19.7. The summed E-state index contributed by atoms with van der Waals surface area (Å²) < 4.78 is 5.27. The number of carbonyl (C=O) groups excluding carboxylic acids is 3. The molecule has 3 amide bonds. The van der Waals surface area contributed by atoms with E-state index in [1.54, 1.807) is 24.3 Å². The lowest BCUT2D eigenvalue weighted by Crippen LogP contribution is -2.36. The fourth-order valence-corrected chi connectivity index (χ4v) is 3.56. The minimum Gasteiger partial charge on any atom is -0.496 e. The van der Waals surface area contributed by atoms with Gasteiger partial charge in [-0.1, -0.05) is 24.3 Å². The second kappa shape index (κ2) is 8.31. The summed E-state index contributed by atoms with van der Waals surface area (Å²) in [7, 11) is 1.54. The fraction of sp³-hybridized carbons (Fsp3) is 0.190. The van der Waals surface area contributed by atoms with Gasteiger partial charge in [-0.25, -0.2) is 0 Å². The Labute approximate surface area is 167 Å². The van der Waals surface area contributed by atoms with Crippen molar-refractivity contribution in [2.75, 3.05) is 19.0 Å². The zero-order valence-electron chi connectivity index (χ0n) is 15.8. The Hall–Kier alpha value is -3.06. The number of imide groups is 1. The molecule has 1 saturated heterocycles. The van der Waals surface area contributed by atoms with Crippen LogP contribution in [0.1, 0.15) is 16.7 Å². The lowest BCUT2D eigenvalue weighted by molar-refractivity contribution is -0.127. The van der Waals surface area contributed by atoms with Gasteiger partial charge in [-0.05, 0) is 61.0 Å². The minimum atomic E-state index is -0.490. The number of nitrogens with zero attached hydrogens (tertiary/aromatic N) is 1. The van der Waals surface area contributed by atoms with E-state index < -0.39 is 17.1 Å². The van der Waals surface area contributed by atoms with Crippen LogP contribution in [0.4, 0.5) is 10.5 Å². The van der Waals surface area contributed by atoms with Crippen molar-refractivity contribution in [1.82, 2.24) is 4.90 Å². The number of methoxy groups -OCH3 is 1. The maximum Gasteiger partial charge on any atom is 0.294 e. The lowest BCUT2D eigenvalue weighted by atomic mass is 10.1. The van der Waals surface area contributed by atoms with E-state index in [9.17, 15) is 14.4 Å². The molecule has 1 heterocycles. The molecule has 6 nitrogen and oxygen atoms in total. The summed E-state index contributed by atoms with van der Waals surface area (Å²) in [5, 5.41) is 2.26. The first-order chi connectivity index (χ1) is 13.4. The maximum absolute atomic E-state index is 12.6.